The lowest BCUT2D eigenvalue weighted by atomic mass is 10.1. The molecule has 1 heterocycles. The number of fused-ring (bicyclic) bond motifs is 1. The number of anilines is 2. The molecular formula is C23H22N2O4S. The Bertz CT molecular complexity index is 1190. The van der Waals surface area contributed by atoms with Crippen LogP contribution in [0.15, 0.2) is 77.7 Å². The summed E-state index contributed by atoms with van der Waals surface area (Å²) in [6.07, 6.45) is 0.777. The Morgan fingerprint density at radius 3 is 2.50 bits per heavy atom. The quantitative estimate of drug-likeness (QED) is 0.672. The van der Waals surface area contributed by atoms with E-state index in [-0.39, 0.29) is 16.8 Å². The van der Waals surface area contributed by atoms with Crippen molar-refractivity contribution < 1.29 is 17.9 Å². The van der Waals surface area contributed by atoms with Crippen molar-refractivity contribution in [1.29, 1.82) is 0 Å². The normalized spacial score (nSPS) is 15.5. The number of nitrogens with one attached hydrogen (secondary N) is 1. The summed E-state index contributed by atoms with van der Waals surface area (Å²) in [6.45, 7) is 1.99. The lowest BCUT2D eigenvalue weighted by Gasteiger charge is -2.23. The second kappa shape index (κ2) is 7.84. The molecule has 1 atom stereocenters. The number of nitrogens with zero attached hydrogens (tertiary/aromatic N) is 1. The van der Waals surface area contributed by atoms with E-state index in [4.69, 9.17) is 4.74 Å². The number of hydrogen-bond donors (Lipinski definition) is 1. The molecule has 0 bridgehead atoms. The molecule has 7 heteroatoms. The Hall–Kier alpha value is -3.32. The van der Waals surface area contributed by atoms with Crippen LogP contribution in [0.3, 0.4) is 0 Å². The van der Waals surface area contributed by atoms with Crippen molar-refractivity contribution in [2.75, 3.05) is 16.7 Å². The maximum Gasteiger partial charge on any atom is 0.261 e. The van der Waals surface area contributed by atoms with E-state index >= 15 is 0 Å². The highest BCUT2D eigenvalue weighted by molar-refractivity contribution is 7.92. The number of ether oxygens (including phenoxy) is 1. The smallest absolute Gasteiger partial charge is 0.261 e. The van der Waals surface area contributed by atoms with Gasteiger partial charge in [-0.3, -0.25) is 9.52 Å². The van der Waals surface area contributed by atoms with Gasteiger partial charge >= 0.3 is 0 Å². The fraction of sp³-hybridized carbons (Fsp3) is 0.174. The zero-order valence-corrected chi connectivity index (χ0v) is 17.5. The number of rotatable bonds is 5. The van der Waals surface area contributed by atoms with Crippen molar-refractivity contribution in [2.45, 2.75) is 24.3 Å². The van der Waals surface area contributed by atoms with E-state index in [0.717, 1.165) is 17.7 Å². The van der Waals surface area contributed by atoms with Gasteiger partial charge in [0.25, 0.3) is 15.9 Å². The van der Waals surface area contributed by atoms with Crippen LogP contribution in [0.25, 0.3) is 0 Å². The molecule has 0 aliphatic carbocycles. The topological polar surface area (TPSA) is 75.7 Å². The van der Waals surface area contributed by atoms with E-state index in [1.54, 1.807) is 48.4 Å². The number of hydrogen-bond acceptors (Lipinski definition) is 4. The number of carbonyl (C=O) groups is 1. The first-order chi connectivity index (χ1) is 14.4. The lowest BCUT2D eigenvalue weighted by Crippen LogP contribution is -2.35. The van der Waals surface area contributed by atoms with Crippen LogP contribution in [-0.4, -0.2) is 27.5 Å². The van der Waals surface area contributed by atoms with Gasteiger partial charge in [-0.1, -0.05) is 24.3 Å². The molecule has 0 fully saturated rings. The van der Waals surface area contributed by atoms with Gasteiger partial charge in [0.05, 0.1) is 12.0 Å². The third kappa shape index (κ3) is 3.76. The maximum absolute atomic E-state index is 13.2. The molecule has 3 aromatic carbocycles. The first-order valence-electron chi connectivity index (χ1n) is 9.57. The monoisotopic (exact) mass is 422 g/mol. The van der Waals surface area contributed by atoms with Crippen molar-refractivity contribution in [3.63, 3.8) is 0 Å². The van der Waals surface area contributed by atoms with Gasteiger partial charge in [-0.15, -0.1) is 0 Å². The largest absolute Gasteiger partial charge is 0.497 e. The summed E-state index contributed by atoms with van der Waals surface area (Å²) in [5.41, 5.74) is 2.73. The molecule has 0 saturated carbocycles. The molecule has 154 valence electrons. The second-order valence-corrected chi connectivity index (χ2v) is 8.90. The molecule has 1 aliphatic rings. The van der Waals surface area contributed by atoms with E-state index < -0.39 is 10.0 Å². The number of benzene rings is 3. The van der Waals surface area contributed by atoms with E-state index in [0.29, 0.717) is 17.0 Å². The molecule has 0 radical (unpaired) electrons. The SMILES string of the molecule is COc1ccc(NS(=O)(=O)c2cccc(C(=O)N3c4ccccc4C[C@H]3C)c2)cc1. The van der Waals surface area contributed by atoms with E-state index in [1.165, 1.54) is 12.1 Å². The van der Waals surface area contributed by atoms with Crippen LogP contribution in [0.5, 0.6) is 5.75 Å². The van der Waals surface area contributed by atoms with Crippen LogP contribution in [0.2, 0.25) is 0 Å². The van der Waals surface area contributed by atoms with Crippen LogP contribution in [0.1, 0.15) is 22.8 Å². The Kier molecular flexibility index (Phi) is 5.22. The van der Waals surface area contributed by atoms with E-state index in [2.05, 4.69) is 4.72 Å². The molecule has 1 N–H and O–H groups in total. The molecule has 3 aromatic rings. The van der Waals surface area contributed by atoms with Crippen LogP contribution in [-0.2, 0) is 16.4 Å². The summed E-state index contributed by atoms with van der Waals surface area (Å²) in [6, 6.07) is 20.5. The molecule has 1 aliphatic heterocycles. The molecule has 30 heavy (non-hydrogen) atoms. The fourth-order valence-electron chi connectivity index (χ4n) is 3.68. The van der Waals surface area contributed by atoms with E-state index in [9.17, 15) is 13.2 Å². The van der Waals surface area contributed by atoms with Crippen LogP contribution in [0, 0.1) is 0 Å². The molecular weight excluding hydrogens is 400 g/mol. The average molecular weight is 423 g/mol. The zero-order chi connectivity index (χ0) is 21.3. The molecule has 0 spiro atoms. The molecule has 0 aromatic heterocycles. The predicted octanol–water partition coefficient (Wildman–Crippen LogP) is 4.09. The summed E-state index contributed by atoms with van der Waals surface area (Å²) in [7, 11) is -2.31. The maximum atomic E-state index is 13.2. The summed E-state index contributed by atoms with van der Waals surface area (Å²) in [4.78, 5) is 15.0. The molecule has 0 saturated heterocycles. The van der Waals surface area contributed by atoms with Gasteiger partial charge in [0.15, 0.2) is 0 Å². The standard InChI is InChI=1S/C23H22N2O4S/c1-16-14-17-6-3-4-9-22(17)25(16)23(26)18-7-5-8-21(15-18)30(27,28)24-19-10-12-20(29-2)13-11-19/h3-13,15-16,24H,14H2,1-2H3/t16-/m1/s1. The van der Waals surface area contributed by atoms with Crippen LogP contribution in [0.4, 0.5) is 11.4 Å². The third-order valence-electron chi connectivity index (χ3n) is 5.16. The van der Waals surface area contributed by atoms with Crippen molar-refractivity contribution >= 4 is 27.3 Å². The van der Waals surface area contributed by atoms with Gasteiger partial charge in [0, 0.05) is 23.0 Å². The molecule has 6 nitrogen and oxygen atoms in total. The van der Waals surface area contributed by atoms with Crippen molar-refractivity contribution in [2.24, 2.45) is 0 Å². The summed E-state index contributed by atoms with van der Waals surface area (Å²) in [5, 5.41) is 0. The number of para-hydroxylation sites is 1. The first-order valence-corrected chi connectivity index (χ1v) is 11.1. The number of amides is 1. The lowest BCUT2D eigenvalue weighted by molar-refractivity contribution is 0.0981. The Morgan fingerprint density at radius 1 is 1.03 bits per heavy atom. The minimum atomic E-state index is -3.85. The predicted molar refractivity (Wildman–Crippen MR) is 117 cm³/mol. The highest BCUT2D eigenvalue weighted by Crippen LogP contribution is 2.33. The van der Waals surface area contributed by atoms with Crippen molar-refractivity contribution in [3.05, 3.63) is 83.9 Å². The zero-order valence-electron chi connectivity index (χ0n) is 16.7. The second-order valence-electron chi connectivity index (χ2n) is 7.22. The van der Waals surface area contributed by atoms with Gasteiger partial charge < -0.3 is 9.64 Å². The number of sulfonamides is 1. The van der Waals surface area contributed by atoms with Crippen molar-refractivity contribution in [3.8, 4) is 5.75 Å². The minimum Gasteiger partial charge on any atom is -0.497 e. The Balaban J connectivity index is 1.61. The number of methoxy groups -OCH3 is 1. The van der Waals surface area contributed by atoms with Crippen LogP contribution < -0.4 is 14.4 Å². The highest BCUT2D eigenvalue weighted by Gasteiger charge is 2.31. The first kappa shape index (κ1) is 20.0. The molecule has 4 rings (SSSR count). The summed E-state index contributed by atoms with van der Waals surface area (Å²) >= 11 is 0. The Labute approximate surface area is 176 Å². The van der Waals surface area contributed by atoms with Gasteiger partial charge in [-0.05, 0) is 67.4 Å². The summed E-state index contributed by atoms with van der Waals surface area (Å²) < 4.78 is 33.3. The molecule has 1 amide bonds. The third-order valence-corrected chi connectivity index (χ3v) is 6.54. The fourth-order valence-corrected chi connectivity index (χ4v) is 4.79. The van der Waals surface area contributed by atoms with Gasteiger partial charge in [-0.2, -0.15) is 0 Å². The molecule has 0 unspecified atom stereocenters. The van der Waals surface area contributed by atoms with Crippen LogP contribution >= 0.6 is 0 Å². The number of carbonyl (C=O) groups excluding carboxylic acids is 1. The van der Waals surface area contributed by atoms with Gasteiger partial charge in [-0.25, -0.2) is 8.42 Å². The average Bonchev–Trinajstić information content (AvgIpc) is 3.09. The minimum absolute atomic E-state index is 0.00703. The van der Waals surface area contributed by atoms with E-state index in [1.807, 2.05) is 31.2 Å². The summed E-state index contributed by atoms with van der Waals surface area (Å²) in [5.74, 6) is 0.416. The highest BCUT2D eigenvalue weighted by atomic mass is 32.2. The Morgan fingerprint density at radius 2 is 1.77 bits per heavy atom. The van der Waals surface area contributed by atoms with Crippen molar-refractivity contribution in [1.82, 2.24) is 0 Å². The van der Waals surface area contributed by atoms with Gasteiger partial charge in [0.1, 0.15) is 5.75 Å². The van der Waals surface area contributed by atoms with Gasteiger partial charge in [0.2, 0.25) is 0 Å².